The highest BCUT2D eigenvalue weighted by molar-refractivity contribution is 6.17. The first-order chi connectivity index (χ1) is 10.2. The number of methoxy groups -OCH3 is 1. The lowest BCUT2D eigenvalue weighted by atomic mass is 9.98. The molecule has 3 heteroatoms. The zero-order chi connectivity index (χ0) is 14.8. The maximum atomic E-state index is 12.8. The molecular weight excluding hydrogens is 262 g/mol. The van der Waals surface area contributed by atoms with Crippen molar-refractivity contribution in [3.05, 3.63) is 71.4 Å². The molecule has 0 spiro atoms. The van der Waals surface area contributed by atoms with Crippen molar-refractivity contribution in [3.63, 3.8) is 0 Å². The zero-order valence-corrected chi connectivity index (χ0v) is 12.0. The number of benzene rings is 2. The number of aryl methyl sites for hydroxylation is 1. The second-order valence-corrected chi connectivity index (χ2v) is 4.91. The minimum absolute atomic E-state index is 0.0505. The molecule has 1 aromatic heterocycles. The Kier molecular flexibility index (Phi) is 3.40. The van der Waals surface area contributed by atoms with Crippen LogP contribution in [0.4, 0.5) is 0 Å². The fraction of sp³-hybridized carbons (Fsp3) is 0.111. The van der Waals surface area contributed by atoms with E-state index in [1.165, 1.54) is 0 Å². The van der Waals surface area contributed by atoms with Gasteiger partial charge in [-0.1, -0.05) is 24.3 Å². The molecule has 3 aromatic rings. The Morgan fingerprint density at radius 2 is 1.90 bits per heavy atom. The van der Waals surface area contributed by atoms with Gasteiger partial charge in [0.05, 0.1) is 18.2 Å². The Morgan fingerprint density at radius 1 is 1.05 bits per heavy atom. The number of carbonyl (C=O) groups excluding carboxylic acids is 1. The molecule has 0 fully saturated rings. The molecule has 0 unspecified atom stereocenters. The second kappa shape index (κ2) is 5.37. The van der Waals surface area contributed by atoms with Crippen LogP contribution in [0.1, 0.15) is 21.5 Å². The van der Waals surface area contributed by atoms with E-state index in [0.717, 1.165) is 16.5 Å². The summed E-state index contributed by atoms with van der Waals surface area (Å²) in [6, 6.07) is 14.9. The molecule has 0 N–H and O–H groups in total. The van der Waals surface area contributed by atoms with Crippen molar-refractivity contribution < 1.29 is 9.53 Å². The van der Waals surface area contributed by atoms with Gasteiger partial charge in [0.15, 0.2) is 5.78 Å². The Hall–Kier alpha value is -2.68. The highest BCUT2D eigenvalue weighted by Crippen LogP contribution is 2.26. The molecular formula is C18H15NO2. The third-order valence-corrected chi connectivity index (χ3v) is 3.49. The van der Waals surface area contributed by atoms with Crippen LogP contribution in [0.5, 0.6) is 5.75 Å². The third-order valence-electron chi connectivity index (χ3n) is 3.49. The molecule has 0 aliphatic rings. The number of ketones is 1. The third kappa shape index (κ3) is 2.38. The van der Waals surface area contributed by atoms with Gasteiger partial charge in [-0.2, -0.15) is 0 Å². The molecule has 0 radical (unpaired) electrons. The van der Waals surface area contributed by atoms with Gasteiger partial charge in [-0.15, -0.1) is 0 Å². The van der Waals surface area contributed by atoms with Crippen molar-refractivity contribution >= 4 is 16.7 Å². The lowest BCUT2D eigenvalue weighted by Gasteiger charge is -2.10. The Balaban J connectivity index is 2.17. The van der Waals surface area contributed by atoms with Gasteiger partial charge in [0.2, 0.25) is 0 Å². The van der Waals surface area contributed by atoms with Gasteiger partial charge in [-0.25, -0.2) is 0 Å². The first-order valence-corrected chi connectivity index (χ1v) is 6.74. The van der Waals surface area contributed by atoms with Crippen LogP contribution in [0.25, 0.3) is 10.9 Å². The van der Waals surface area contributed by atoms with Crippen LogP contribution in [-0.4, -0.2) is 17.9 Å². The predicted octanol–water partition coefficient (Wildman–Crippen LogP) is 3.78. The van der Waals surface area contributed by atoms with Gasteiger partial charge in [-0.05, 0) is 36.8 Å². The number of fused-ring (bicyclic) bond motifs is 1. The average molecular weight is 277 g/mol. The standard InChI is InChI=1S/C18H15NO2/c1-12-8-9-15(17(11-12)21-2)18(20)14-5-3-7-16-13(14)6-4-10-19-16/h3-11H,1-2H3. The fourth-order valence-corrected chi connectivity index (χ4v) is 2.43. The van der Waals surface area contributed by atoms with Gasteiger partial charge >= 0.3 is 0 Å². The van der Waals surface area contributed by atoms with E-state index in [2.05, 4.69) is 4.98 Å². The summed E-state index contributed by atoms with van der Waals surface area (Å²) >= 11 is 0. The van der Waals surface area contributed by atoms with Gasteiger partial charge in [0.25, 0.3) is 0 Å². The summed E-state index contributed by atoms with van der Waals surface area (Å²) in [6.45, 7) is 1.97. The summed E-state index contributed by atoms with van der Waals surface area (Å²) in [7, 11) is 1.58. The maximum Gasteiger partial charge on any atom is 0.197 e. The van der Waals surface area contributed by atoms with Crippen molar-refractivity contribution in [2.24, 2.45) is 0 Å². The topological polar surface area (TPSA) is 39.2 Å². The zero-order valence-electron chi connectivity index (χ0n) is 12.0. The second-order valence-electron chi connectivity index (χ2n) is 4.91. The van der Waals surface area contributed by atoms with E-state index in [0.29, 0.717) is 16.9 Å². The molecule has 21 heavy (non-hydrogen) atoms. The van der Waals surface area contributed by atoms with Crippen molar-refractivity contribution in [1.29, 1.82) is 0 Å². The molecule has 0 atom stereocenters. The molecule has 0 aliphatic heterocycles. The number of aromatic nitrogens is 1. The first kappa shape index (κ1) is 13.3. The van der Waals surface area contributed by atoms with E-state index in [4.69, 9.17) is 4.74 Å². The molecule has 0 saturated heterocycles. The highest BCUT2D eigenvalue weighted by atomic mass is 16.5. The molecule has 0 bridgehead atoms. The quantitative estimate of drug-likeness (QED) is 0.684. The maximum absolute atomic E-state index is 12.8. The molecule has 104 valence electrons. The number of hydrogen-bond acceptors (Lipinski definition) is 3. The average Bonchev–Trinajstić information content (AvgIpc) is 2.53. The number of pyridine rings is 1. The van der Waals surface area contributed by atoms with Crippen LogP contribution in [0.3, 0.4) is 0 Å². The minimum Gasteiger partial charge on any atom is -0.496 e. The van der Waals surface area contributed by atoms with Crippen LogP contribution in [-0.2, 0) is 0 Å². The lowest BCUT2D eigenvalue weighted by molar-refractivity contribution is 0.103. The van der Waals surface area contributed by atoms with Gasteiger partial charge < -0.3 is 4.74 Å². The Morgan fingerprint density at radius 3 is 2.71 bits per heavy atom. The molecule has 0 aliphatic carbocycles. The smallest absolute Gasteiger partial charge is 0.197 e. The molecule has 3 rings (SSSR count). The molecule has 3 nitrogen and oxygen atoms in total. The van der Waals surface area contributed by atoms with E-state index in [9.17, 15) is 4.79 Å². The van der Waals surface area contributed by atoms with E-state index in [1.54, 1.807) is 13.3 Å². The normalized spacial score (nSPS) is 10.6. The molecule has 1 heterocycles. The SMILES string of the molecule is COc1cc(C)ccc1C(=O)c1cccc2ncccc12. The summed E-state index contributed by atoms with van der Waals surface area (Å²) in [5.41, 5.74) is 3.08. The highest BCUT2D eigenvalue weighted by Gasteiger charge is 2.16. The van der Waals surface area contributed by atoms with Crippen molar-refractivity contribution in [1.82, 2.24) is 4.98 Å². The lowest BCUT2D eigenvalue weighted by Crippen LogP contribution is -2.05. The van der Waals surface area contributed by atoms with E-state index >= 15 is 0 Å². The molecule has 0 amide bonds. The number of hydrogen-bond donors (Lipinski definition) is 0. The van der Waals surface area contributed by atoms with Crippen molar-refractivity contribution in [2.75, 3.05) is 7.11 Å². The number of rotatable bonds is 3. The number of nitrogens with zero attached hydrogens (tertiary/aromatic N) is 1. The summed E-state index contributed by atoms with van der Waals surface area (Å²) in [5.74, 6) is 0.548. The summed E-state index contributed by atoms with van der Waals surface area (Å²) in [6.07, 6.45) is 1.73. The van der Waals surface area contributed by atoms with Crippen LogP contribution < -0.4 is 4.74 Å². The van der Waals surface area contributed by atoms with Crippen molar-refractivity contribution in [3.8, 4) is 5.75 Å². The number of carbonyl (C=O) groups is 1. The van der Waals surface area contributed by atoms with E-state index < -0.39 is 0 Å². The predicted molar refractivity (Wildman–Crippen MR) is 82.9 cm³/mol. The summed E-state index contributed by atoms with van der Waals surface area (Å²) < 4.78 is 5.34. The largest absolute Gasteiger partial charge is 0.496 e. The monoisotopic (exact) mass is 277 g/mol. The van der Waals surface area contributed by atoms with E-state index in [-0.39, 0.29) is 5.78 Å². The van der Waals surface area contributed by atoms with Gasteiger partial charge in [0.1, 0.15) is 5.75 Å². The summed E-state index contributed by atoms with van der Waals surface area (Å²) in [5, 5.41) is 0.854. The van der Waals surface area contributed by atoms with Crippen LogP contribution in [0, 0.1) is 6.92 Å². The van der Waals surface area contributed by atoms with Gasteiger partial charge in [-0.3, -0.25) is 9.78 Å². The number of ether oxygens (including phenoxy) is 1. The Bertz CT molecular complexity index is 819. The van der Waals surface area contributed by atoms with Crippen LogP contribution in [0.15, 0.2) is 54.7 Å². The summed E-state index contributed by atoms with van der Waals surface area (Å²) in [4.78, 5) is 17.1. The minimum atomic E-state index is -0.0505. The molecule has 2 aromatic carbocycles. The van der Waals surface area contributed by atoms with Crippen molar-refractivity contribution in [2.45, 2.75) is 6.92 Å². The fourth-order valence-electron chi connectivity index (χ4n) is 2.43. The van der Waals surface area contributed by atoms with Crippen LogP contribution in [0.2, 0.25) is 0 Å². The first-order valence-electron chi connectivity index (χ1n) is 6.74. The molecule has 0 saturated carbocycles. The van der Waals surface area contributed by atoms with Crippen LogP contribution >= 0.6 is 0 Å². The Labute approximate surface area is 123 Å². The van der Waals surface area contributed by atoms with E-state index in [1.807, 2.05) is 55.5 Å². The van der Waals surface area contributed by atoms with Gasteiger partial charge in [0, 0.05) is 17.1 Å².